The molecule has 3 saturated carbocycles. The Morgan fingerprint density at radius 1 is 0.957 bits per heavy atom. The summed E-state index contributed by atoms with van der Waals surface area (Å²) >= 11 is 0. The third-order valence-corrected chi connectivity index (χ3v) is 5.74. The Morgan fingerprint density at radius 3 is 2.30 bits per heavy atom. The molecule has 2 heteroatoms. The smallest absolute Gasteiger partial charge is 0.143 e. The third-order valence-electron chi connectivity index (χ3n) is 5.74. The molecule has 2 aromatic rings. The summed E-state index contributed by atoms with van der Waals surface area (Å²) in [4.78, 5) is 12.6. The Balaban J connectivity index is 1.48. The zero-order valence-corrected chi connectivity index (χ0v) is 13.4. The van der Waals surface area contributed by atoms with Crippen molar-refractivity contribution in [2.75, 3.05) is 5.32 Å². The average molecular weight is 305 g/mol. The Hall–Kier alpha value is -2.09. The highest BCUT2D eigenvalue weighted by molar-refractivity contribution is 5.92. The molecule has 0 saturated heterocycles. The van der Waals surface area contributed by atoms with E-state index in [0.717, 1.165) is 31.5 Å². The molecule has 2 bridgehead atoms. The van der Waals surface area contributed by atoms with Gasteiger partial charge in [-0.05, 0) is 54.9 Å². The molecule has 2 nitrogen and oxygen atoms in total. The molecule has 1 N–H and O–H groups in total. The first-order chi connectivity index (χ1) is 11.3. The lowest BCUT2D eigenvalue weighted by Gasteiger charge is -2.45. The van der Waals surface area contributed by atoms with Crippen molar-refractivity contribution in [2.45, 2.75) is 44.1 Å². The highest BCUT2D eigenvalue weighted by atomic mass is 16.1. The highest BCUT2D eigenvalue weighted by Crippen LogP contribution is 2.49. The fraction of sp³-hybridized carbons (Fsp3) is 0.381. The van der Waals surface area contributed by atoms with Gasteiger partial charge in [0, 0.05) is 18.7 Å². The van der Waals surface area contributed by atoms with E-state index in [1.807, 2.05) is 6.07 Å². The molecule has 0 unspecified atom stereocenters. The van der Waals surface area contributed by atoms with E-state index in [9.17, 15) is 4.79 Å². The molecule has 118 valence electrons. The Bertz CT molecular complexity index is 682. The van der Waals surface area contributed by atoms with Crippen LogP contribution in [-0.2, 0) is 16.8 Å². The van der Waals surface area contributed by atoms with Crippen LogP contribution >= 0.6 is 0 Å². The molecule has 5 rings (SSSR count). The Labute approximate surface area is 137 Å². The van der Waals surface area contributed by atoms with Crippen LogP contribution in [0.5, 0.6) is 0 Å². The number of fused-ring (bicyclic) bond motifs is 3. The summed E-state index contributed by atoms with van der Waals surface area (Å²) in [7, 11) is 0. The van der Waals surface area contributed by atoms with Crippen LogP contribution < -0.4 is 5.32 Å². The van der Waals surface area contributed by atoms with Crippen molar-refractivity contribution in [3.63, 3.8) is 0 Å². The number of benzene rings is 2. The number of nitrogens with one attached hydrogen (secondary N) is 1. The molecule has 2 aromatic carbocycles. The van der Waals surface area contributed by atoms with Gasteiger partial charge in [-0.3, -0.25) is 4.79 Å². The molecular formula is C21H23NO. The predicted octanol–water partition coefficient (Wildman–Crippen LogP) is 4.70. The summed E-state index contributed by atoms with van der Waals surface area (Å²) in [6.45, 7) is 0.825. The van der Waals surface area contributed by atoms with Crippen molar-refractivity contribution in [3.05, 3.63) is 65.7 Å². The van der Waals surface area contributed by atoms with Gasteiger partial charge in [0.15, 0.2) is 0 Å². The third kappa shape index (κ3) is 2.67. The molecule has 0 aromatic heterocycles. The number of Topliss-reactive ketones (excluding diaryl/α,β-unsaturated/α-hetero) is 1. The predicted molar refractivity (Wildman–Crippen MR) is 93.5 cm³/mol. The normalized spacial score (nSPS) is 26.3. The quantitative estimate of drug-likeness (QED) is 0.887. The minimum atomic E-state index is -0.174. The minimum absolute atomic E-state index is 0.174. The molecule has 3 fully saturated rings. The van der Waals surface area contributed by atoms with Crippen LogP contribution in [0.1, 0.15) is 43.2 Å². The van der Waals surface area contributed by atoms with E-state index in [2.05, 4.69) is 53.8 Å². The summed E-state index contributed by atoms with van der Waals surface area (Å²) in [5, 5.41) is 3.46. The number of rotatable bonds is 4. The van der Waals surface area contributed by atoms with E-state index < -0.39 is 0 Å². The van der Waals surface area contributed by atoms with Gasteiger partial charge < -0.3 is 5.32 Å². The van der Waals surface area contributed by atoms with Crippen molar-refractivity contribution in [1.82, 2.24) is 0 Å². The molecule has 3 aliphatic carbocycles. The van der Waals surface area contributed by atoms with Crippen LogP contribution in [0.4, 0.5) is 5.69 Å². The Morgan fingerprint density at radius 2 is 1.65 bits per heavy atom. The van der Waals surface area contributed by atoms with Crippen molar-refractivity contribution in [2.24, 2.45) is 5.92 Å². The molecule has 0 aliphatic heterocycles. The van der Waals surface area contributed by atoms with Gasteiger partial charge in [-0.2, -0.15) is 0 Å². The first kappa shape index (κ1) is 14.5. The lowest BCUT2D eigenvalue weighted by atomic mass is 9.57. The summed E-state index contributed by atoms with van der Waals surface area (Å²) in [5.74, 6) is 1.14. The van der Waals surface area contributed by atoms with Crippen molar-refractivity contribution in [1.29, 1.82) is 0 Å². The van der Waals surface area contributed by atoms with Crippen LogP contribution in [0.15, 0.2) is 54.6 Å². The topological polar surface area (TPSA) is 29.1 Å². The van der Waals surface area contributed by atoms with Gasteiger partial charge in [0.1, 0.15) is 5.78 Å². The summed E-state index contributed by atoms with van der Waals surface area (Å²) < 4.78 is 0. The van der Waals surface area contributed by atoms with Crippen molar-refractivity contribution < 1.29 is 4.79 Å². The van der Waals surface area contributed by atoms with E-state index in [1.165, 1.54) is 24.0 Å². The minimum Gasteiger partial charge on any atom is -0.381 e. The first-order valence-corrected chi connectivity index (χ1v) is 8.68. The van der Waals surface area contributed by atoms with Crippen molar-refractivity contribution >= 4 is 11.5 Å². The van der Waals surface area contributed by atoms with Gasteiger partial charge in [-0.25, -0.2) is 0 Å². The van der Waals surface area contributed by atoms with Gasteiger partial charge in [-0.1, -0.05) is 42.5 Å². The van der Waals surface area contributed by atoms with E-state index >= 15 is 0 Å². The first-order valence-electron chi connectivity index (χ1n) is 8.68. The maximum atomic E-state index is 12.6. The van der Waals surface area contributed by atoms with Gasteiger partial charge in [-0.15, -0.1) is 0 Å². The maximum Gasteiger partial charge on any atom is 0.143 e. The second-order valence-corrected chi connectivity index (χ2v) is 7.07. The van der Waals surface area contributed by atoms with Crippen LogP contribution in [-0.4, -0.2) is 5.78 Å². The number of carbonyl (C=O) groups excluding carboxylic acids is 1. The van der Waals surface area contributed by atoms with Gasteiger partial charge in [0.25, 0.3) is 0 Å². The summed E-state index contributed by atoms with van der Waals surface area (Å²) in [5.41, 5.74) is 3.44. The summed E-state index contributed by atoms with van der Waals surface area (Å²) in [6.07, 6.45) is 5.34. The van der Waals surface area contributed by atoms with Gasteiger partial charge in [0.2, 0.25) is 0 Å². The lowest BCUT2D eigenvalue weighted by Crippen LogP contribution is -2.45. The number of ketones is 1. The standard InChI is InChI=1S/C21H23NO/c23-20-14-16-10-12-21(20,13-11-16)18-6-8-19(9-7-18)22-15-17-4-2-1-3-5-17/h1-9,16,22H,10-15H2. The number of carbonyl (C=O) groups is 1. The number of hydrogen-bond acceptors (Lipinski definition) is 2. The molecule has 0 heterocycles. The maximum absolute atomic E-state index is 12.6. The highest BCUT2D eigenvalue weighted by Gasteiger charge is 2.47. The second kappa shape index (κ2) is 5.84. The van der Waals surface area contributed by atoms with E-state index in [1.54, 1.807) is 0 Å². The molecule has 23 heavy (non-hydrogen) atoms. The van der Waals surface area contributed by atoms with Gasteiger partial charge in [0.05, 0.1) is 5.41 Å². The van der Waals surface area contributed by atoms with E-state index in [4.69, 9.17) is 0 Å². The molecule has 0 amide bonds. The molecular weight excluding hydrogens is 282 g/mol. The molecule has 0 atom stereocenters. The molecule has 3 aliphatic rings. The largest absolute Gasteiger partial charge is 0.381 e. The second-order valence-electron chi connectivity index (χ2n) is 7.07. The fourth-order valence-electron chi connectivity index (χ4n) is 4.27. The van der Waals surface area contributed by atoms with Gasteiger partial charge >= 0.3 is 0 Å². The average Bonchev–Trinajstić information content (AvgIpc) is 2.62. The summed E-state index contributed by atoms with van der Waals surface area (Å²) in [6, 6.07) is 19.0. The molecule has 0 radical (unpaired) electrons. The van der Waals surface area contributed by atoms with Crippen LogP contribution in [0.2, 0.25) is 0 Å². The monoisotopic (exact) mass is 305 g/mol. The number of hydrogen-bond donors (Lipinski definition) is 1. The van der Waals surface area contributed by atoms with Crippen LogP contribution in [0.3, 0.4) is 0 Å². The lowest BCUT2D eigenvalue weighted by molar-refractivity contribution is -0.131. The fourth-order valence-corrected chi connectivity index (χ4v) is 4.27. The zero-order valence-electron chi connectivity index (χ0n) is 13.4. The molecule has 0 spiro atoms. The zero-order chi connectivity index (χ0) is 15.7. The van der Waals surface area contributed by atoms with E-state index in [0.29, 0.717) is 11.7 Å². The van der Waals surface area contributed by atoms with E-state index in [-0.39, 0.29) is 5.41 Å². The number of anilines is 1. The van der Waals surface area contributed by atoms with Crippen LogP contribution in [0, 0.1) is 5.92 Å². The Kier molecular flexibility index (Phi) is 3.68. The SMILES string of the molecule is O=C1CC2CCC1(c1ccc(NCc3ccccc3)cc1)CC2. The van der Waals surface area contributed by atoms with Crippen molar-refractivity contribution in [3.8, 4) is 0 Å². The van der Waals surface area contributed by atoms with Crippen LogP contribution in [0.25, 0.3) is 0 Å².